The Kier molecular flexibility index (Phi) is 9.22. The number of piperidine rings is 1. The Bertz CT molecular complexity index is 814. The van der Waals surface area contributed by atoms with Gasteiger partial charge in [0, 0.05) is 22.3 Å². The van der Waals surface area contributed by atoms with E-state index in [4.69, 9.17) is 36.1 Å². The highest BCUT2D eigenvalue weighted by atomic mass is 35.5. The molecule has 1 saturated heterocycles. The number of ether oxygens (including phenoxy) is 1. The SMILES string of the molecule is CC1CCCN(CCCCOc2ccc(Cl)c3ccccc23)C1.O=C(O)C(=O)O. The lowest BCUT2D eigenvalue weighted by Crippen LogP contribution is -2.35. The average Bonchev–Trinajstić information content (AvgIpc) is 2.70. The van der Waals surface area contributed by atoms with E-state index in [-0.39, 0.29) is 0 Å². The fourth-order valence-corrected chi connectivity index (χ4v) is 3.70. The Labute approximate surface area is 176 Å². The van der Waals surface area contributed by atoms with Crippen LogP contribution < -0.4 is 4.74 Å². The molecule has 29 heavy (non-hydrogen) atoms. The lowest BCUT2D eigenvalue weighted by Gasteiger charge is -2.30. The van der Waals surface area contributed by atoms with E-state index in [1.54, 1.807) is 0 Å². The third-order valence-corrected chi connectivity index (χ3v) is 5.21. The van der Waals surface area contributed by atoms with Crippen molar-refractivity contribution in [1.29, 1.82) is 0 Å². The molecule has 1 aliphatic rings. The molecular weight excluding hydrogens is 394 g/mol. The zero-order valence-electron chi connectivity index (χ0n) is 16.6. The third-order valence-electron chi connectivity index (χ3n) is 4.88. The van der Waals surface area contributed by atoms with Crippen LogP contribution in [-0.4, -0.2) is 53.3 Å². The van der Waals surface area contributed by atoms with Crippen molar-refractivity contribution < 1.29 is 24.5 Å². The van der Waals surface area contributed by atoms with Crippen molar-refractivity contribution in [2.45, 2.75) is 32.6 Å². The minimum atomic E-state index is -1.82. The standard InChI is InChI=1S/C20H26ClNO.C2H2O4/c1-16-7-6-13-22(15-16)12-4-5-14-23-20-11-10-19(21)17-8-2-3-9-18(17)20;3-1(4)2(5)6/h2-3,8-11,16H,4-7,12-15H2,1H3;(H,3,4)(H,5,6). The van der Waals surface area contributed by atoms with Crippen molar-refractivity contribution in [1.82, 2.24) is 4.90 Å². The molecule has 0 aromatic heterocycles. The summed E-state index contributed by atoms with van der Waals surface area (Å²) in [7, 11) is 0. The highest BCUT2D eigenvalue weighted by molar-refractivity contribution is 6.35. The van der Waals surface area contributed by atoms with E-state index in [9.17, 15) is 0 Å². The maximum atomic E-state index is 9.10. The van der Waals surface area contributed by atoms with Crippen LogP contribution in [0.15, 0.2) is 36.4 Å². The van der Waals surface area contributed by atoms with Gasteiger partial charge in [-0.15, -0.1) is 0 Å². The molecule has 1 atom stereocenters. The van der Waals surface area contributed by atoms with Gasteiger partial charge in [-0.25, -0.2) is 9.59 Å². The Morgan fingerprint density at radius 2 is 1.79 bits per heavy atom. The first-order valence-corrected chi connectivity index (χ1v) is 10.2. The van der Waals surface area contributed by atoms with E-state index in [2.05, 4.69) is 17.9 Å². The van der Waals surface area contributed by atoms with Crippen molar-refractivity contribution in [3.8, 4) is 5.75 Å². The number of carboxylic acids is 2. The molecule has 1 aliphatic heterocycles. The molecule has 6 nitrogen and oxygen atoms in total. The summed E-state index contributed by atoms with van der Waals surface area (Å²) in [5, 5.41) is 17.7. The molecule has 0 radical (unpaired) electrons. The van der Waals surface area contributed by atoms with Crippen LogP contribution in [0, 0.1) is 5.92 Å². The smallest absolute Gasteiger partial charge is 0.414 e. The molecule has 3 rings (SSSR count). The summed E-state index contributed by atoms with van der Waals surface area (Å²) in [6, 6.07) is 12.1. The number of halogens is 1. The minimum absolute atomic E-state index is 0.773. The lowest BCUT2D eigenvalue weighted by molar-refractivity contribution is -0.159. The van der Waals surface area contributed by atoms with Crippen LogP contribution in [0.3, 0.4) is 0 Å². The third kappa shape index (κ3) is 7.55. The molecule has 1 fully saturated rings. The molecule has 0 amide bonds. The number of unbranched alkanes of at least 4 members (excludes halogenated alkanes) is 1. The number of aliphatic carboxylic acids is 2. The molecule has 7 heteroatoms. The van der Waals surface area contributed by atoms with Gasteiger partial charge in [-0.05, 0) is 56.8 Å². The Balaban J connectivity index is 0.000000438. The topological polar surface area (TPSA) is 87.1 Å². The fourth-order valence-electron chi connectivity index (χ4n) is 3.47. The quantitative estimate of drug-likeness (QED) is 0.526. The number of hydrogen-bond acceptors (Lipinski definition) is 4. The van der Waals surface area contributed by atoms with E-state index in [0.717, 1.165) is 40.5 Å². The number of fused-ring (bicyclic) bond motifs is 1. The van der Waals surface area contributed by atoms with Gasteiger partial charge in [0.25, 0.3) is 0 Å². The van der Waals surface area contributed by atoms with Crippen LogP contribution in [0.5, 0.6) is 5.75 Å². The molecule has 1 unspecified atom stereocenters. The number of carboxylic acid groups (broad SMARTS) is 2. The van der Waals surface area contributed by atoms with Gasteiger partial charge in [0.15, 0.2) is 0 Å². The lowest BCUT2D eigenvalue weighted by atomic mass is 10.0. The highest BCUT2D eigenvalue weighted by Gasteiger charge is 2.15. The summed E-state index contributed by atoms with van der Waals surface area (Å²) in [6.45, 7) is 6.88. The van der Waals surface area contributed by atoms with Gasteiger partial charge in [0.2, 0.25) is 0 Å². The molecule has 2 N–H and O–H groups in total. The van der Waals surface area contributed by atoms with Gasteiger partial charge in [-0.2, -0.15) is 0 Å². The van der Waals surface area contributed by atoms with E-state index >= 15 is 0 Å². The van der Waals surface area contributed by atoms with Gasteiger partial charge in [0.05, 0.1) is 6.61 Å². The number of nitrogens with zero attached hydrogens (tertiary/aromatic N) is 1. The molecule has 0 spiro atoms. The molecular formula is C22H28ClNO5. The Morgan fingerprint density at radius 3 is 2.45 bits per heavy atom. The molecule has 0 bridgehead atoms. The fraction of sp³-hybridized carbons (Fsp3) is 0.455. The van der Waals surface area contributed by atoms with Crippen molar-refractivity contribution in [3.63, 3.8) is 0 Å². The second kappa shape index (κ2) is 11.6. The predicted molar refractivity (Wildman–Crippen MR) is 114 cm³/mol. The zero-order valence-corrected chi connectivity index (χ0v) is 17.4. The normalized spacial score (nSPS) is 16.7. The minimum Gasteiger partial charge on any atom is -0.493 e. The zero-order chi connectivity index (χ0) is 21.2. The number of likely N-dealkylation sites (tertiary alicyclic amines) is 1. The first-order valence-electron chi connectivity index (χ1n) is 9.87. The maximum Gasteiger partial charge on any atom is 0.414 e. The number of carbonyl (C=O) groups is 2. The molecule has 0 saturated carbocycles. The van der Waals surface area contributed by atoms with Crippen LogP contribution >= 0.6 is 11.6 Å². The number of benzene rings is 2. The van der Waals surface area contributed by atoms with Crippen LogP contribution in [-0.2, 0) is 9.59 Å². The Hall–Kier alpha value is -2.31. The second-order valence-electron chi connectivity index (χ2n) is 7.30. The summed E-state index contributed by atoms with van der Waals surface area (Å²) in [5.41, 5.74) is 0. The molecule has 158 valence electrons. The van der Waals surface area contributed by atoms with E-state index in [1.165, 1.54) is 38.9 Å². The van der Waals surface area contributed by atoms with Crippen molar-refractivity contribution in [2.75, 3.05) is 26.2 Å². The van der Waals surface area contributed by atoms with Crippen LogP contribution in [0.25, 0.3) is 10.8 Å². The van der Waals surface area contributed by atoms with E-state index in [1.807, 2.05) is 30.3 Å². The van der Waals surface area contributed by atoms with Crippen molar-refractivity contribution in [2.24, 2.45) is 5.92 Å². The average molecular weight is 422 g/mol. The molecule has 2 aromatic carbocycles. The summed E-state index contributed by atoms with van der Waals surface area (Å²) < 4.78 is 6.01. The van der Waals surface area contributed by atoms with Gasteiger partial charge in [0.1, 0.15) is 5.75 Å². The summed E-state index contributed by atoms with van der Waals surface area (Å²) in [5.74, 6) is -1.85. The number of rotatable bonds is 6. The second-order valence-corrected chi connectivity index (χ2v) is 7.71. The van der Waals surface area contributed by atoms with Gasteiger partial charge in [-0.3, -0.25) is 0 Å². The molecule has 1 heterocycles. The monoisotopic (exact) mass is 421 g/mol. The van der Waals surface area contributed by atoms with Gasteiger partial charge < -0.3 is 19.8 Å². The Morgan fingerprint density at radius 1 is 1.10 bits per heavy atom. The number of hydrogen-bond donors (Lipinski definition) is 2. The molecule has 0 aliphatic carbocycles. The summed E-state index contributed by atoms with van der Waals surface area (Å²) in [4.78, 5) is 20.8. The van der Waals surface area contributed by atoms with E-state index in [0.29, 0.717) is 0 Å². The van der Waals surface area contributed by atoms with Crippen LogP contribution in [0.2, 0.25) is 5.02 Å². The largest absolute Gasteiger partial charge is 0.493 e. The van der Waals surface area contributed by atoms with E-state index < -0.39 is 11.9 Å². The van der Waals surface area contributed by atoms with Crippen LogP contribution in [0.1, 0.15) is 32.6 Å². The van der Waals surface area contributed by atoms with Crippen molar-refractivity contribution >= 4 is 34.3 Å². The summed E-state index contributed by atoms with van der Waals surface area (Å²) in [6.07, 6.45) is 5.05. The molecule has 2 aromatic rings. The predicted octanol–water partition coefficient (Wildman–Crippen LogP) is 4.54. The van der Waals surface area contributed by atoms with Crippen LogP contribution in [0.4, 0.5) is 0 Å². The highest BCUT2D eigenvalue weighted by Crippen LogP contribution is 2.31. The van der Waals surface area contributed by atoms with Gasteiger partial charge in [-0.1, -0.05) is 42.8 Å². The van der Waals surface area contributed by atoms with Crippen molar-refractivity contribution in [3.05, 3.63) is 41.4 Å². The summed E-state index contributed by atoms with van der Waals surface area (Å²) >= 11 is 6.25. The van der Waals surface area contributed by atoms with Gasteiger partial charge >= 0.3 is 11.9 Å². The maximum absolute atomic E-state index is 9.10. The first kappa shape index (κ1) is 23.0. The first-order chi connectivity index (χ1) is 13.9.